The molecule has 3 nitrogen and oxygen atoms in total. The Labute approximate surface area is 52.2 Å². The highest BCUT2D eigenvalue weighted by Crippen LogP contribution is 1.90. The number of rotatable bonds is 1. The molecule has 1 N–H and O–H groups in total. The van der Waals surface area contributed by atoms with E-state index in [1.165, 1.54) is 13.1 Å². The smallest absolute Gasteiger partial charge is 0.250 e. The van der Waals surface area contributed by atoms with Gasteiger partial charge in [0.25, 0.3) is 5.91 Å². The van der Waals surface area contributed by atoms with E-state index >= 15 is 0 Å². The Morgan fingerprint density at radius 1 is 2.00 bits per heavy atom. The van der Waals surface area contributed by atoms with Crippen molar-refractivity contribution >= 4 is 17.5 Å². The zero-order chi connectivity index (χ0) is 6.57. The second-order valence-corrected chi connectivity index (χ2v) is 1.87. The van der Waals surface area contributed by atoms with Crippen LogP contribution in [-0.4, -0.2) is 11.3 Å². The maximum atomic E-state index is 10.3. The van der Waals surface area contributed by atoms with E-state index in [1.807, 2.05) is 5.32 Å². The Bertz CT molecular complexity index is 126. The summed E-state index contributed by atoms with van der Waals surface area (Å²) in [6.07, 6.45) is 1.46. The van der Waals surface area contributed by atoms with E-state index in [-0.39, 0.29) is 0 Å². The first-order valence-corrected chi connectivity index (χ1v) is 2.45. The standard InChI is InChI=1S/C4H5ClN2O/c1-3(5)4(8)7-2-6/h3H,1H3,(H,7,8). The molecule has 0 aliphatic heterocycles. The minimum atomic E-state index is -0.630. The SMILES string of the molecule is CC(Cl)C(=O)NC#N. The number of nitriles is 1. The molecule has 0 bridgehead atoms. The van der Waals surface area contributed by atoms with Gasteiger partial charge in [0.1, 0.15) is 5.38 Å². The third-order valence-corrected chi connectivity index (χ3v) is 0.739. The Morgan fingerprint density at radius 3 is 2.62 bits per heavy atom. The van der Waals surface area contributed by atoms with E-state index in [1.54, 1.807) is 0 Å². The Morgan fingerprint density at radius 2 is 2.50 bits per heavy atom. The molecule has 4 heteroatoms. The number of hydrogen-bond acceptors (Lipinski definition) is 2. The first kappa shape index (κ1) is 7.25. The topological polar surface area (TPSA) is 52.9 Å². The van der Waals surface area contributed by atoms with Crippen molar-refractivity contribution < 1.29 is 4.79 Å². The molecule has 0 aliphatic carbocycles. The summed E-state index contributed by atoms with van der Waals surface area (Å²) in [4.78, 5) is 10.3. The lowest BCUT2D eigenvalue weighted by Gasteiger charge is -1.94. The van der Waals surface area contributed by atoms with Gasteiger partial charge in [-0.1, -0.05) is 0 Å². The zero-order valence-electron chi connectivity index (χ0n) is 4.31. The third kappa shape index (κ3) is 2.43. The van der Waals surface area contributed by atoms with E-state index in [2.05, 4.69) is 0 Å². The maximum absolute atomic E-state index is 10.3. The van der Waals surface area contributed by atoms with E-state index in [4.69, 9.17) is 16.9 Å². The predicted octanol–water partition coefficient (Wildman–Crippen LogP) is 0.211. The molecular weight excluding hydrogens is 128 g/mol. The average molecular weight is 133 g/mol. The minimum absolute atomic E-state index is 0.464. The van der Waals surface area contributed by atoms with Crippen LogP contribution in [0.1, 0.15) is 6.92 Å². The molecule has 0 fully saturated rings. The largest absolute Gasteiger partial charge is 0.272 e. The van der Waals surface area contributed by atoms with Crippen LogP contribution in [0.25, 0.3) is 0 Å². The van der Waals surface area contributed by atoms with E-state index in [0.29, 0.717) is 0 Å². The van der Waals surface area contributed by atoms with Gasteiger partial charge in [-0.3, -0.25) is 10.1 Å². The number of carbonyl (C=O) groups is 1. The summed E-state index contributed by atoms with van der Waals surface area (Å²) in [5, 5.41) is 9.09. The van der Waals surface area contributed by atoms with Gasteiger partial charge in [-0.25, -0.2) is 0 Å². The molecule has 1 amide bonds. The van der Waals surface area contributed by atoms with Crippen molar-refractivity contribution in [1.82, 2.24) is 5.32 Å². The summed E-state index contributed by atoms with van der Waals surface area (Å²) in [5.74, 6) is -0.464. The number of alkyl halides is 1. The lowest BCUT2D eigenvalue weighted by Crippen LogP contribution is -2.24. The van der Waals surface area contributed by atoms with Crippen molar-refractivity contribution in [2.45, 2.75) is 12.3 Å². The molecular formula is C4H5ClN2O. The van der Waals surface area contributed by atoms with Crippen LogP contribution in [0.5, 0.6) is 0 Å². The highest BCUT2D eigenvalue weighted by atomic mass is 35.5. The van der Waals surface area contributed by atoms with Crippen LogP contribution in [0.15, 0.2) is 0 Å². The number of nitrogens with one attached hydrogen (secondary N) is 1. The van der Waals surface area contributed by atoms with E-state index in [0.717, 1.165) is 0 Å². The average Bonchev–Trinajstić information content (AvgIpc) is 1.67. The van der Waals surface area contributed by atoms with Gasteiger partial charge in [0.2, 0.25) is 0 Å². The molecule has 8 heavy (non-hydrogen) atoms. The first-order chi connectivity index (χ1) is 3.68. The van der Waals surface area contributed by atoms with Crippen LogP contribution in [0.2, 0.25) is 0 Å². The van der Waals surface area contributed by atoms with Gasteiger partial charge in [0, 0.05) is 0 Å². The Balaban J connectivity index is 3.53. The summed E-state index contributed by atoms with van der Waals surface area (Å²) < 4.78 is 0. The minimum Gasteiger partial charge on any atom is -0.272 e. The van der Waals surface area contributed by atoms with Crippen LogP contribution in [0.4, 0.5) is 0 Å². The lowest BCUT2D eigenvalue weighted by molar-refractivity contribution is -0.119. The quantitative estimate of drug-likeness (QED) is 0.315. The molecule has 44 valence electrons. The van der Waals surface area contributed by atoms with Crippen molar-refractivity contribution in [2.24, 2.45) is 0 Å². The molecule has 0 rings (SSSR count). The summed E-state index contributed by atoms with van der Waals surface area (Å²) in [6.45, 7) is 1.49. The summed E-state index contributed by atoms with van der Waals surface area (Å²) in [5.41, 5.74) is 0. The van der Waals surface area contributed by atoms with Crippen molar-refractivity contribution in [3.63, 3.8) is 0 Å². The molecule has 1 unspecified atom stereocenters. The molecule has 0 aromatic carbocycles. The molecule has 0 saturated heterocycles. The number of carbonyl (C=O) groups excluding carboxylic acids is 1. The third-order valence-electron chi connectivity index (χ3n) is 0.540. The van der Waals surface area contributed by atoms with Crippen LogP contribution in [0.3, 0.4) is 0 Å². The van der Waals surface area contributed by atoms with Crippen molar-refractivity contribution in [2.75, 3.05) is 0 Å². The van der Waals surface area contributed by atoms with Crippen molar-refractivity contribution in [3.05, 3.63) is 0 Å². The number of hydrogen-bond donors (Lipinski definition) is 1. The second-order valence-electron chi connectivity index (χ2n) is 1.22. The highest BCUT2D eigenvalue weighted by Gasteiger charge is 2.05. The highest BCUT2D eigenvalue weighted by molar-refractivity contribution is 6.30. The molecule has 0 heterocycles. The monoisotopic (exact) mass is 132 g/mol. The fourth-order valence-electron chi connectivity index (χ4n) is 0.155. The van der Waals surface area contributed by atoms with E-state index in [9.17, 15) is 4.79 Å². The summed E-state index contributed by atoms with van der Waals surface area (Å²) >= 11 is 5.24. The van der Waals surface area contributed by atoms with Crippen LogP contribution < -0.4 is 5.32 Å². The van der Waals surface area contributed by atoms with Gasteiger partial charge in [0.15, 0.2) is 6.19 Å². The first-order valence-electron chi connectivity index (χ1n) is 2.01. The maximum Gasteiger partial charge on any atom is 0.250 e. The number of nitrogens with zero attached hydrogens (tertiary/aromatic N) is 1. The molecule has 0 saturated carbocycles. The van der Waals surface area contributed by atoms with Crippen LogP contribution >= 0.6 is 11.6 Å². The Hall–Kier alpha value is -0.750. The fraction of sp³-hybridized carbons (Fsp3) is 0.500. The molecule has 0 spiro atoms. The van der Waals surface area contributed by atoms with Gasteiger partial charge in [-0.05, 0) is 6.92 Å². The van der Waals surface area contributed by atoms with Crippen molar-refractivity contribution in [3.8, 4) is 6.19 Å². The van der Waals surface area contributed by atoms with Crippen LogP contribution in [-0.2, 0) is 4.79 Å². The van der Waals surface area contributed by atoms with Gasteiger partial charge < -0.3 is 0 Å². The lowest BCUT2D eigenvalue weighted by atomic mass is 10.4. The molecule has 0 aliphatic rings. The molecule has 1 atom stereocenters. The van der Waals surface area contributed by atoms with Crippen molar-refractivity contribution in [1.29, 1.82) is 5.26 Å². The zero-order valence-corrected chi connectivity index (χ0v) is 5.07. The van der Waals surface area contributed by atoms with Crippen LogP contribution in [0, 0.1) is 11.5 Å². The van der Waals surface area contributed by atoms with Gasteiger partial charge in [-0.15, -0.1) is 11.6 Å². The number of amides is 1. The van der Waals surface area contributed by atoms with Gasteiger partial charge in [0.05, 0.1) is 0 Å². The normalized spacial score (nSPS) is 11.6. The molecule has 0 aromatic rings. The Kier molecular flexibility index (Phi) is 2.97. The molecule has 0 radical (unpaired) electrons. The molecule has 0 aromatic heterocycles. The predicted molar refractivity (Wildman–Crippen MR) is 29.1 cm³/mol. The van der Waals surface area contributed by atoms with Gasteiger partial charge in [-0.2, -0.15) is 5.26 Å². The summed E-state index contributed by atoms with van der Waals surface area (Å²) in [7, 11) is 0. The summed E-state index contributed by atoms with van der Waals surface area (Å²) in [6, 6.07) is 0. The van der Waals surface area contributed by atoms with E-state index < -0.39 is 11.3 Å². The van der Waals surface area contributed by atoms with Gasteiger partial charge >= 0.3 is 0 Å². The second kappa shape index (κ2) is 3.28. The number of halogens is 1. The fourth-order valence-corrected chi connectivity index (χ4v) is 0.209.